The van der Waals surface area contributed by atoms with Crippen LogP contribution in [0.15, 0.2) is 72.9 Å². The van der Waals surface area contributed by atoms with Crippen LogP contribution in [0.2, 0.25) is 0 Å². The van der Waals surface area contributed by atoms with E-state index in [1.54, 1.807) is 31.4 Å². The number of aromatic nitrogens is 1. The fourth-order valence-electron chi connectivity index (χ4n) is 2.49. The summed E-state index contributed by atoms with van der Waals surface area (Å²) in [6.07, 6.45) is 1.53. The van der Waals surface area contributed by atoms with Crippen LogP contribution in [0.3, 0.4) is 0 Å². The highest BCUT2D eigenvalue weighted by molar-refractivity contribution is 5.91. The smallest absolute Gasteiger partial charge is 0.262 e. The first-order valence-corrected chi connectivity index (χ1v) is 9.50. The maximum atomic E-state index is 12.1. The van der Waals surface area contributed by atoms with Crippen molar-refractivity contribution < 1.29 is 23.7 Å². The summed E-state index contributed by atoms with van der Waals surface area (Å²) < 4.78 is 21.5. The maximum absolute atomic E-state index is 12.1. The average molecular weight is 408 g/mol. The van der Waals surface area contributed by atoms with Gasteiger partial charge < -0.3 is 24.3 Å². The summed E-state index contributed by atoms with van der Waals surface area (Å²) in [6.45, 7) is 1.28. The molecule has 0 aliphatic carbocycles. The Kier molecular flexibility index (Phi) is 8.05. The number of benzene rings is 2. The van der Waals surface area contributed by atoms with Crippen molar-refractivity contribution in [3.8, 4) is 17.4 Å². The standard InChI is InChI=1S/C23H24N2O5/c1-27-13-14-28-23-12-7-19(15-24-23)25-22(26)17-30-21-10-8-20(9-11-21)29-16-18-5-3-2-4-6-18/h2-12,15H,13-14,16-17H2,1H3,(H,25,26). The molecule has 7 nitrogen and oxygen atoms in total. The van der Waals surface area contributed by atoms with Crippen molar-refractivity contribution in [2.24, 2.45) is 0 Å². The van der Waals surface area contributed by atoms with Gasteiger partial charge in [0.25, 0.3) is 5.91 Å². The number of nitrogens with one attached hydrogen (secondary N) is 1. The molecule has 1 aromatic heterocycles. The van der Waals surface area contributed by atoms with E-state index in [4.69, 9.17) is 18.9 Å². The van der Waals surface area contributed by atoms with Crippen LogP contribution < -0.4 is 19.5 Å². The molecule has 1 amide bonds. The van der Waals surface area contributed by atoms with Crippen LogP contribution in [0, 0.1) is 0 Å². The van der Waals surface area contributed by atoms with Crippen molar-refractivity contribution >= 4 is 11.6 Å². The van der Waals surface area contributed by atoms with Gasteiger partial charge >= 0.3 is 0 Å². The summed E-state index contributed by atoms with van der Waals surface area (Å²) in [5, 5.41) is 2.73. The summed E-state index contributed by atoms with van der Waals surface area (Å²) in [5.41, 5.74) is 1.66. The highest BCUT2D eigenvalue weighted by Gasteiger charge is 2.05. The second kappa shape index (κ2) is 11.4. The molecule has 30 heavy (non-hydrogen) atoms. The van der Waals surface area contributed by atoms with Gasteiger partial charge in [-0.3, -0.25) is 4.79 Å². The lowest BCUT2D eigenvalue weighted by Crippen LogP contribution is -2.20. The first-order valence-electron chi connectivity index (χ1n) is 9.50. The van der Waals surface area contributed by atoms with E-state index in [9.17, 15) is 4.79 Å². The third kappa shape index (κ3) is 7.10. The van der Waals surface area contributed by atoms with Crippen LogP contribution in [-0.2, 0) is 16.1 Å². The molecule has 1 N–H and O–H groups in total. The van der Waals surface area contributed by atoms with E-state index in [1.807, 2.05) is 42.5 Å². The minimum absolute atomic E-state index is 0.115. The molecular formula is C23H24N2O5. The van der Waals surface area contributed by atoms with Crippen molar-refractivity contribution in [3.63, 3.8) is 0 Å². The van der Waals surface area contributed by atoms with Crippen LogP contribution >= 0.6 is 0 Å². The highest BCUT2D eigenvalue weighted by atomic mass is 16.5. The molecule has 0 aliphatic heterocycles. The minimum atomic E-state index is -0.283. The normalized spacial score (nSPS) is 10.3. The molecule has 0 radical (unpaired) electrons. The second-order valence-corrected chi connectivity index (χ2v) is 6.31. The van der Waals surface area contributed by atoms with E-state index < -0.39 is 0 Å². The van der Waals surface area contributed by atoms with Crippen LogP contribution in [0.4, 0.5) is 5.69 Å². The molecule has 7 heteroatoms. The molecule has 0 unspecified atom stereocenters. The van der Waals surface area contributed by atoms with E-state index in [-0.39, 0.29) is 12.5 Å². The SMILES string of the molecule is COCCOc1ccc(NC(=O)COc2ccc(OCc3ccccc3)cc2)cn1. The molecule has 0 saturated heterocycles. The predicted molar refractivity (Wildman–Crippen MR) is 113 cm³/mol. The van der Waals surface area contributed by atoms with Gasteiger partial charge in [-0.05, 0) is 35.9 Å². The molecule has 3 aromatic rings. The molecule has 3 rings (SSSR count). The number of pyridine rings is 1. The number of hydrogen-bond donors (Lipinski definition) is 1. The lowest BCUT2D eigenvalue weighted by molar-refractivity contribution is -0.118. The molecular weight excluding hydrogens is 384 g/mol. The Morgan fingerprint density at radius 3 is 2.27 bits per heavy atom. The van der Waals surface area contributed by atoms with Crippen LogP contribution in [-0.4, -0.2) is 37.8 Å². The van der Waals surface area contributed by atoms with Gasteiger partial charge in [0.15, 0.2) is 6.61 Å². The quantitative estimate of drug-likeness (QED) is 0.488. The second-order valence-electron chi connectivity index (χ2n) is 6.31. The molecule has 0 spiro atoms. The zero-order valence-electron chi connectivity index (χ0n) is 16.7. The van der Waals surface area contributed by atoms with Crippen LogP contribution in [0.1, 0.15) is 5.56 Å². The molecule has 0 atom stereocenters. The van der Waals surface area contributed by atoms with E-state index >= 15 is 0 Å². The summed E-state index contributed by atoms with van der Waals surface area (Å²) >= 11 is 0. The van der Waals surface area contributed by atoms with Crippen molar-refractivity contribution in [1.82, 2.24) is 4.98 Å². The Balaban J connectivity index is 1.40. The van der Waals surface area contributed by atoms with Crippen molar-refractivity contribution in [2.75, 3.05) is 32.2 Å². The molecule has 156 valence electrons. The number of nitrogens with zero attached hydrogens (tertiary/aromatic N) is 1. The number of carbonyl (C=O) groups excluding carboxylic acids is 1. The largest absolute Gasteiger partial charge is 0.489 e. The zero-order valence-corrected chi connectivity index (χ0v) is 16.7. The fourth-order valence-corrected chi connectivity index (χ4v) is 2.49. The predicted octanol–water partition coefficient (Wildman–Crippen LogP) is 3.70. The van der Waals surface area contributed by atoms with Crippen molar-refractivity contribution in [1.29, 1.82) is 0 Å². The first kappa shape index (κ1) is 21.1. The number of rotatable bonds is 11. The number of carbonyl (C=O) groups is 1. The monoisotopic (exact) mass is 408 g/mol. The number of methoxy groups -OCH3 is 1. The van der Waals surface area contributed by atoms with Gasteiger partial charge in [0.05, 0.1) is 18.5 Å². The Morgan fingerprint density at radius 1 is 0.867 bits per heavy atom. The summed E-state index contributed by atoms with van der Waals surface area (Å²) in [5.74, 6) is 1.50. The summed E-state index contributed by atoms with van der Waals surface area (Å²) in [7, 11) is 1.60. The summed E-state index contributed by atoms with van der Waals surface area (Å²) in [6, 6.07) is 20.5. The average Bonchev–Trinajstić information content (AvgIpc) is 2.79. The molecule has 1 heterocycles. The van der Waals surface area contributed by atoms with Gasteiger partial charge in [-0.1, -0.05) is 30.3 Å². The Hall–Kier alpha value is -3.58. The van der Waals surface area contributed by atoms with Crippen molar-refractivity contribution in [2.45, 2.75) is 6.61 Å². The van der Waals surface area contributed by atoms with Gasteiger partial charge in [-0.15, -0.1) is 0 Å². The lowest BCUT2D eigenvalue weighted by Gasteiger charge is -2.10. The van der Waals surface area contributed by atoms with Gasteiger partial charge in [-0.2, -0.15) is 0 Å². The van der Waals surface area contributed by atoms with Crippen molar-refractivity contribution in [3.05, 3.63) is 78.5 Å². The van der Waals surface area contributed by atoms with E-state index in [1.165, 1.54) is 6.20 Å². The minimum Gasteiger partial charge on any atom is -0.489 e. The number of anilines is 1. The van der Waals surface area contributed by atoms with Crippen LogP contribution in [0.5, 0.6) is 17.4 Å². The molecule has 0 saturated carbocycles. The third-order valence-electron chi connectivity index (χ3n) is 4.00. The Morgan fingerprint density at radius 2 is 1.60 bits per heavy atom. The maximum Gasteiger partial charge on any atom is 0.262 e. The number of ether oxygens (including phenoxy) is 4. The van der Waals surface area contributed by atoms with Gasteiger partial charge in [0.2, 0.25) is 5.88 Å². The lowest BCUT2D eigenvalue weighted by atomic mass is 10.2. The molecule has 2 aromatic carbocycles. The Labute approximate surface area is 175 Å². The highest BCUT2D eigenvalue weighted by Crippen LogP contribution is 2.19. The van der Waals surface area contributed by atoms with E-state index in [2.05, 4.69) is 10.3 Å². The van der Waals surface area contributed by atoms with E-state index in [0.717, 1.165) is 11.3 Å². The summed E-state index contributed by atoms with van der Waals surface area (Å²) in [4.78, 5) is 16.2. The van der Waals surface area contributed by atoms with E-state index in [0.29, 0.717) is 37.1 Å². The molecule has 0 aliphatic rings. The van der Waals surface area contributed by atoms with Crippen LogP contribution in [0.25, 0.3) is 0 Å². The van der Waals surface area contributed by atoms with Gasteiger partial charge in [0.1, 0.15) is 24.7 Å². The number of hydrogen-bond acceptors (Lipinski definition) is 6. The van der Waals surface area contributed by atoms with Gasteiger partial charge in [0, 0.05) is 13.2 Å². The fraction of sp³-hybridized carbons (Fsp3) is 0.217. The topological polar surface area (TPSA) is 78.9 Å². The first-order chi connectivity index (χ1) is 14.7. The Bertz CT molecular complexity index is 899. The third-order valence-corrected chi connectivity index (χ3v) is 4.00. The number of amides is 1. The zero-order chi connectivity index (χ0) is 21.0. The molecule has 0 bridgehead atoms. The molecule has 0 fully saturated rings. The van der Waals surface area contributed by atoms with Gasteiger partial charge in [-0.25, -0.2) is 4.98 Å².